The molecular weight excluding hydrogens is 266 g/mol. The molecule has 92 valence electrons. The van der Waals surface area contributed by atoms with Gasteiger partial charge in [0.1, 0.15) is 0 Å². The highest BCUT2D eigenvalue weighted by molar-refractivity contribution is 8.01. The van der Waals surface area contributed by atoms with Crippen LogP contribution >= 0.6 is 23.1 Å². The van der Waals surface area contributed by atoms with Gasteiger partial charge in [-0.2, -0.15) is 5.26 Å². The van der Waals surface area contributed by atoms with Crippen LogP contribution in [-0.4, -0.2) is 23.2 Å². The van der Waals surface area contributed by atoms with Crippen LogP contribution in [0.15, 0.2) is 28.6 Å². The van der Waals surface area contributed by atoms with Crippen LogP contribution in [0.2, 0.25) is 0 Å². The fraction of sp³-hybridized carbons (Fsp3) is 0.250. The largest absolute Gasteiger partial charge is 0.354 e. The molecule has 0 saturated carbocycles. The Morgan fingerprint density at radius 3 is 3.11 bits per heavy atom. The molecule has 0 unspecified atom stereocenters. The topological polar surface area (TPSA) is 65.8 Å². The Hall–Kier alpha value is -1.58. The summed E-state index contributed by atoms with van der Waals surface area (Å²) in [5.74, 6) is 0.278. The Balaban J connectivity index is 1.86. The van der Waals surface area contributed by atoms with E-state index in [4.69, 9.17) is 5.26 Å². The van der Waals surface area contributed by atoms with E-state index in [0.717, 1.165) is 14.6 Å². The molecular formula is C12H11N3OS2. The van der Waals surface area contributed by atoms with Crippen LogP contribution in [0.1, 0.15) is 6.42 Å². The van der Waals surface area contributed by atoms with Crippen LogP contribution in [0.3, 0.4) is 0 Å². The van der Waals surface area contributed by atoms with Gasteiger partial charge in [0, 0.05) is 6.54 Å². The van der Waals surface area contributed by atoms with E-state index in [1.54, 1.807) is 11.3 Å². The average Bonchev–Trinajstić information content (AvgIpc) is 2.79. The van der Waals surface area contributed by atoms with Crippen LogP contribution in [0.25, 0.3) is 10.2 Å². The molecule has 0 aliphatic carbocycles. The van der Waals surface area contributed by atoms with Crippen molar-refractivity contribution in [2.24, 2.45) is 0 Å². The fourth-order valence-electron chi connectivity index (χ4n) is 1.35. The van der Waals surface area contributed by atoms with E-state index < -0.39 is 0 Å². The lowest BCUT2D eigenvalue weighted by Gasteiger charge is -2.00. The molecule has 1 amide bonds. The van der Waals surface area contributed by atoms with E-state index in [9.17, 15) is 4.79 Å². The first kappa shape index (κ1) is 12.9. The summed E-state index contributed by atoms with van der Waals surface area (Å²) in [5, 5.41) is 11.0. The SMILES string of the molecule is N#CCCNC(=O)CSc1nc2ccccc2s1. The molecule has 1 heterocycles. The monoisotopic (exact) mass is 277 g/mol. The molecule has 0 bridgehead atoms. The van der Waals surface area contributed by atoms with Crippen molar-refractivity contribution < 1.29 is 4.79 Å². The number of para-hydroxylation sites is 1. The van der Waals surface area contributed by atoms with Crippen molar-refractivity contribution in [1.82, 2.24) is 10.3 Å². The molecule has 1 aromatic heterocycles. The number of aromatic nitrogens is 1. The van der Waals surface area contributed by atoms with Crippen molar-refractivity contribution in [3.63, 3.8) is 0 Å². The van der Waals surface area contributed by atoms with E-state index in [0.29, 0.717) is 18.7 Å². The van der Waals surface area contributed by atoms with Crippen LogP contribution in [0.5, 0.6) is 0 Å². The van der Waals surface area contributed by atoms with Crippen molar-refractivity contribution in [3.05, 3.63) is 24.3 Å². The fourth-order valence-corrected chi connectivity index (χ4v) is 3.25. The van der Waals surface area contributed by atoms with E-state index in [-0.39, 0.29) is 5.91 Å². The van der Waals surface area contributed by atoms with Crippen molar-refractivity contribution in [2.75, 3.05) is 12.3 Å². The molecule has 0 aliphatic rings. The Morgan fingerprint density at radius 1 is 1.50 bits per heavy atom. The molecule has 6 heteroatoms. The summed E-state index contributed by atoms with van der Waals surface area (Å²) in [4.78, 5) is 15.9. The maximum atomic E-state index is 11.4. The van der Waals surface area contributed by atoms with Gasteiger partial charge >= 0.3 is 0 Å². The number of thiazole rings is 1. The summed E-state index contributed by atoms with van der Waals surface area (Å²) < 4.78 is 2.02. The second kappa shape index (κ2) is 6.38. The number of carbonyl (C=O) groups is 1. The van der Waals surface area contributed by atoms with Crippen LogP contribution < -0.4 is 5.32 Å². The number of thioether (sulfide) groups is 1. The second-order valence-corrected chi connectivity index (χ2v) is 5.75. The summed E-state index contributed by atoms with van der Waals surface area (Å²) in [5.41, 5.74) is 0.967. The number of hydrogen-bond acceptors (Lipinski definition) is 5. The number of nitriles is 1. The Labute approximate surface area is 113 Å². The number of hydrogen-bond donors (Lipinski definition) is 1. The lowest BCUT2D eigenvalue weighted by atomic mass is 10.3. The van der Waals surface area contributed by atoms with Gasteiger partial charge in [0.25, 0.3) is 0 Å². The van der Waals surface area contributed by atoms with Gasteiger partial charge in [-0.25, -0.2) is 4.98 Å². The lowest BCUT2D eigenvalue weighted by Crippen LogP contribution is -2.25. The summed E-state index contributed by atoms with van der Waals surface area (Å²) in [6.45, 7) is 0.412. The zero-order chi connectivity index (χ0) is 12.8. The average molecular weight is 277 g/mol. The predicted octanol–water partition coefficient (Wildman–Crippen LogP) is 2.42. The van der Waals surface area contributed by atoms with Crippen molar-refractivity contribution in [2.45, 2.75) is 10.8 Å². The molecule has 0 spiro atoms. The number of benzene rings is 1. The Morgan fingerprint density at radius 2 is 2.33 bits per heavy atom. The minimum atomic E-state index is -0.0606. The van der Waals surface area contributed by atoms with Crippen LogP contribution in [0, 0.1) is 11.3 Å². The normalized spacial score (nSPS) is 10.2. The van der Waals surface area contributed by atoms with Crippen LogP contribution in [0.4, 0.5) is 0 Å². The molecule has 0 atom stereocenters. The molecule has 1 N–H and O–H groups in total. The first-order valence-electron chi connectivity index (χ1n) is 5.41. The highest BCUT2D eigenvalue weighted by Crippen LogP contribution is 2.28. The minimum Gasteiger partial charge on any atom is -0.354 e. The molecule has 0 radical (unpaired) electrons. The predicted molar refractivity (Wildman–Crippen MR) is 73.6 cm³/mol. The van der Waals surface area contributed by atoms with Crippen LogP contribution in [-0.2, 0) is 4.79 Å². The second-order valence-electron chi connectivity index (χ2n) is 3.49. The van der Waals surface area contributed by atoms with Gasteiger partial charge in [-0.15, -0.1) is 11.3 Å². The summed E-state index contributed by atoms with van der Waals surface area (Å²) >= 11 is 3.01. The first-order valence-corrected chi connectivity index (χ1v) is 7.22. The van der Waals surface area contributed by atoms with E-state index in [1.807, 2.05) is 30.3 Å². The van der Waals surface area contributed by atoms with Gasteiger partial charge < -0.3 is 5.32 Å². The minimum absolute atomic E-state index is 0.0606. The van der Waals surface area contributed by atoms with Gasteiger partial charge in [0.15, 0.2) is 4.34 Å². The maximum Gasteiger partial charge on any atom is 0.230 e. The molecule has 4 nitrogen and oxygen atoms in total. The Kier molecular flexibility index (Phi) is 4.56. The number of amides is 1. The highest BCUT2D eigenvalue weighted by Gasteiger charge is 2.06. The van der Waals surface area contributed by atoms with E-state index in [1.165, 1.54) is 11.8 Å². The van der Waals surface area contributed by atoms with E-state index >= 15 is 0 Å². The third-order valence-corrected chi connectivity index (χ3v) is 4.34. The first-order chi connectivity index (χ1) is 8.79. The third kappa shape index (κ3) is 3.45. The highest BCUT2D eigenvalue weighted by atomic mass is 32.2. The van der Waals surface area contributed by atoms with Gasteiger partial charge in [0.2, 0.25) is 5.91 Å². The molecule has 2 aromatic rings. The van der Waals surface area contributed by atoms with Gasteiger partial charge in [-0.3, -0.25) is 4.79 Å². The molecule has 2 rings (SSSR count). The third-order valence-electron chi connectivity index (χ3n) is 2.16. The van der Waals surface area contributed by atoms with Gasteiger partial charge in [-0.1, -0.05) is 23.9 Å². The number of fused-ring (bicyclic) bond motifs is 1. The van der Waals surface area contributed by atoms with Gasteiger partial charge in [-0.05, 0) is 12.1 Å². The molecule has 0 aliphatic heterocycles. The van der Waals surface area contributed by atoms with Crippen molar-refractivity contribution in [1.29, 1.82) is 5.26 Å². The zero-order valence-corrected chi connectivity index (χ0v) is 11.2. The Bertz CT molecular complexity index is 555. The van der Waals surface area contributed by atoms with Gasteiger partial charge in [0.05, 0.1) is 28.5 Å². The zero-order valence-electron chi connectivity index (χ0n) is 9.55. The molecule has 18 heavy (non-hydrogen) atoms. The number of carbonyl (C=O) groups excluding carboxylic acids is 1. The summed E-state index contributed by atoms with van der Waals surface area (Å²) in [7, 11) is 0. The number of rotatable bonds is 5. The lowest BCUT2D eigenvalue weighted by molar-refractivity contribution is -0.118. The quantitative estimate of drug-likeness (QED) is 0.673. The molecule has 0 fully saturated rings. The number of nitrogens with zero attached hydrogens (tertiary/aromatic N) is 2. The van der Waals surface area contributed by atoms with Crippen molar-refractivity contribution in [3.8, 4) is 6.07 Å². The van der Waals surface area contributed by atoms with Crippen molar-refractivity contribution >= 4 is 39.2 Å². The molecule has 0 saturated heterocycles. The molecule has 1 aromatic carbocycles. The smallest absolute Gasteiger partial charge is 0.230 e. The summed E-state index contributed by atoms with van der Waals surface area (Å²) in [6, 6.07) is 9.89. The number of nitrogens with one attached hydrogen (secondary N) is 1. The van der Waals surface area contributed by atoms with E-state index in [2.05, 4.69) is 10.3 Å². The maximum absolute atomic E-state index is 11.4. The summed E-state index contributed by atoms with van der Waals surface area (Å²) in [6.07, 6.45) is 0.345. The standard InChI is InChI=1S/C12H11N3OS2/c13-6-3-7-14-11(16)8-17-12-15-9-4-1-2-5-10(9)18-12/h1-2,4-5H,3,7-8H2,(H,14,16).